The molecule has 0 unspecified atom stereocenters. The lowest BCUT2D eigenvalue weighted by Gasteiger charge is -2.21. The number of carbonyl (C=O) groups is 1. The van der Waals surface area contributed by atoms with Gasteiger partial charge in [-0.2, -0.15) is 0 Å². The number of pyridine rings is 1. The van der Waals surface area contributed by atoms with E-state index in [1.165, 1.54) is 22.9 Å². The first-order chi connectivity index (χ1) is 19.0. The zero-order valence-corrected chi connectivity index (χ0v) is 23.1. The van der Waals surface area contributed by atoms with E-state index in [2.05, 4.69) is 15.3 Å². The predicted molar refractivity (Wildman–Crippen MR) is 155 cm³/mol. The minimum Gasteiger partial charge on any atom is -0.382 e. The normalized spacial score (nSPS) is 12.3. The van der Waals surface area contributed by atoms with Crippen LogP contribution in [0.4, 0.5) is 5.82 Å². The fourth-order valence-corrected chi connectivity index (χ4v) is 5.31. The number of benzene rings is 3. The van der Waals surface area contributed by atoms with Crippen LogP contribution in [0, 0.1) is 0 Å². The first kappa shape index (κ1) is 27.0. The van der Waals surface area contributed by atoms with Crippen LogP contribution in [0.25, 0.3) is 27.7 Å². The molecule has 1 amide bonds. The number of nitrogen functional groups attached to an aromatic ring is 1. The summed E-state index contributed by atoms with van der Waals surface area (Å²) in [7, 11) is -3.36. The molecule has 0 aliphatic heterocycles. The number of amides is 1. The van der Waals surface area contributed by atoms with E-state index in [-0.39, 0.29) is 22.0 Å². The van der Waals surface area contributed by atoms with Crippen LogP contribution in [0.5, 0.6) is 0 Å². The lowest BCUT2D eigenvalue weighted by atomic mass is 10.1. The number of halogens is 1. The summed E-state index contributed by atoms with van der Waals surface area (Å²) < 4.78 is 25.1. The summed E-state index contributed by atoms with van der Waals surface area (Å²) in [5, 5.41) is 4.23. The van der Waals surface area contributed by atoms with Gasteiger partial charge in [-0.3, -0.25) is 14.2 Å². The van der Waals surface area contributed by atoms with Crippen molar-refractivity contribution in [1.82, 2.24) is 19.9 Å². The van der Waals surface area contributed by atoms with Crippen molar-refractivity contribution in [1.29, 1.82) is 0 Å². The number of rotatable bonds is 6. The third-order valence-corrected chi connectivity index (χ3v) is 7.87. The van der Waals surface area contributed by atoms with Crippen molar-refractivity contribution in [3.05, 3.63) is 112 Å². The molecule has 3 N–H and O–H groups in total. The zero-order valence-electron chi connectivity index (χ0n) is 21.5. The lowest BCUT2D eigenvalue weighted by Crippen LogP contribution is -2.33. The molecule has 3 aromatic carbocycles. The fraction of sp³-hybridized carbons (Fsp3) is 0.103. The molecule has 0 bridgehead atoms. The molecule has 202 valence electrons. The third-order valence-electron chi connectivity index (χ3n) is 6.42. The van der Waals surface area contributed by atoms with E-state index in [1.54, 1.807) is 49.4 Å². The van der Waals surface area contributed by atoms with E-state index in [4.69, 9.17) is 17.3 Å². The van der Waals surface area contributed by atoms with Crippen LogP contribution < -0.4 is 16.6 Å². The summed E-state index contributed by atoms with van der Waals surface area (Å²) in [5.41, 5.74) is 7.64. The number of para-hydroxylation sites is 1. The maximum absolute atomic E-state index is 13.7. The molecule has 0 spiro atoms. The van der Waals surface area contributed by atoms with Crippen molar-refractivity contribution in [2.75, 3.05) is 12.0 Å². The Hall–Kier alpha value is -4.54. The summed E-state index contributed by atoms with van der Waals surface area (Å²) in [4.78, 5) is 35.7. The molecular formula is C29H24ClN5O4S. The summed E-state index contributed by atoms with van der Waals surface area (Å²) in [6, 6.07) is 21.5. The standard InChI is InChI=1S/C29H24ClN5O4S/c1-17(24-15-19-7-6-10-22(30)25(19)29(37)35(24)20-8-4-3-5-9-20)33-28(36)26-27(31)32-16-23(34-26)18-11-13-21(14-12-18)40(2,38)39/h3-17H,1-2H3,(H2,31,32)(H,33,36)/t17-/m0/s1. The monoisotopic (exact) mass is 573 g/mol. The van der Waals surface area contributed by atoms with Gasteiger partial charge in [-0.05, 0) is 48.7 Å². The molecule has 2 aromatic heterocycles. The Balaban J connectivity index is 1.53. The van der Waals surface area contributed by atoms with E-state index in [0.717, 1.165) is 6.26 Å². The van der Waals surface area contributed by atoms with Crippen molar-refractivity contribution in [2.24, 2.45) is 0 Å². The van der Waals surface area contributed by atoms with Gasteiger partial charge in [0.25, 0.3) is 11.5 Å². The Morgan fingerprint density at radius 1 is 1.02 bits per heavy atom. The highest BCUT2D eigenvalue weighted by atomic mass is 35.5. The molecule has 0 fully saturated rings. The molecule has 40 heavy (non-hydrogen) atoms. The van der Waals surface area contributed by atoms with Gasteiger partial charge in [0.05, 0.1) is 33.2 Å². The Morgan fingerprint density at radius 3 is 2.40 bits per heavy atom. The van der Waals surface area contributed by atoms with E-state index in [9.17, 15) is 18.0 Å². The highest BCUT2D eigenvalue weighted by molar-refractivity contribution is 7.90. The zero-order chi connectivity index (χ0) is 28.6. The maximum atomic E-state index is 13.7. The number of aromatic nitrogens is 3. The molecule has 2 heterocycles. The minimum atomic E-state index is -3.36. The van der Waals surface area contributed by atoms with Crippen molar-refractivity contribution in [3.8, 4) is 16.9 Å². The van der Waals surface area contributed by atoms with Gasteiger partial charge in [-0.15, -0.1) is 0 Å². The van der Waals surface area contributed by atoms with E-state index in [0.29, 0.717) is 38.4 Å². The smallest absolute Gasteiger partial charge is 0.274 e. The van der Waals surface area contributed by atoms with Crippen molar-refractivity contribution in [3.63, 3.8) is 0 Å². The van der Waals surface area contributed by atoms with Gasteiger partial charge in [0, 0.05) is 23.2 Å². The predicted octanol–water partition coefficient (Wildman–Crippen LogP) is 4.58. The number of sulfone groups is 1. The Labute approximate surface area is 235 Å². The quantitative estimate of drug-likeness (QED) is 0.303. The Kier molecular flexibility index (Phi) is 7.14. The van der Waals surface area contributed by atoms with Crippen LogP contribution in [0.2, 0.25) is 5.02 Å². The highest BCUT2D eigenvalue weighted by Crippen LogP contribution is 2.26. The molecule has 0 saturated carbocycles. The molecule has 0 aliphatic rings. The molecule has 0 radical (unpaired) electrons. The molecule has 0 aliphatic carbocycles. The average Bonchev–Trinajstić information content (AvgIpc) is 2.93. The van der Waals surface area contributed by atoms with Crippen LogP contribution >= 0.6 is 11.6 Å². The van der Waals surface area contributed by atoms with Crippen LogP contribution in [0.3, 0.4) is 0 Å². The van der Waals surface area contributed by atoms with Crippen molar-refractivity contribution in [2.45, 2.75) is 17.9 Å². The molecule has 9 nitrogen and oxygen atoms in total. The van der Waals surface area contributed by atoms with Crippen molar-refractivity contribution < 1.29 is 13.2 Å². The molecule has 5 rings (SSSR count). The van der Waals surface area contributed by atoms with Gasteiger partial charge in [0.2, 0.25) is 0 Å². The maximum Gasteiger partial charge on any atom is 0.274 e. The second kappa shape index (κ2) is 10.6. The highest BCUT2D eigenvalue weighted by Gasteiger charge is 2.22. The second-order valence-electron chi connectivity index (χ2n) is 9.23. The van der Waals surface area contributed by atoms with Gasteiger partial charge < -0.3 is 11.1 Å². The van der Waals surface area contributed by atoms with Crippen LogP contribution in [0.1, 0.15) is 29.1 Å². The van der Waals surface area contributed by atoms with Crippen LogP contribution in [-0.2, 0) is 9.84 Å². The summed E-state index contributed by atoms with van der Waals surface area (Å²) in [6.45, 7) is 1.75. The molecule has 5 aromatic rings. The summed E-state index contributed by atoms with van der Waals surface area (Å²) in [5.74, 6) is -0.669. The first-order valence-electron chi connectivity index (χ1n) is 12.2. The third kappa shape index (κ3) is 5.18. The number of anilines is 1. The summed E-state index contributed by atoms with van der Waals surface area (Å²) in [6.07, 6.45) is 2.53. The van der Waals surface area contributed by atoms with Crippen molar-refractivity contribution >= 4 is 43.9 Å². The molecule has 1 atom stereocenters. The molecule has 0 saturated heterocycles. The Bertz CT molecular complexity index is 1930. The fourth-order valence-electron chi connectivity index (χ4n) is 4.42. The molecular weight excluding hydrogens is 550 g/mol. The number of fused-ring (bicyclic) bond motifs is 1. The van der Waals surface area contributed by atoms with E-state index < -0.39 is 21.8 Å². The number of nitrogens with two attached hydrogens (primary N) is 1. The number of hydrogen-bond acceptors (Lipinski definition) is 7. The van der Waals surface area contributed by atoms with Crippen LogP contribution in [-0.4, -0.2) is 35.1 Å². The first-order valence-corrected chi connectivity index (χ1v) is 14.4. The largest absolute Gasteiger partial charge is 0.382 e. The van der Waals surface area contributed by atoms with E-state index in [1.807, 2.05) is 24.3 Å². The van der Waals surface area contributed by atoms with Gasteiger partial charge >= 0.3 is 0 Å². The minimum absolute atomic E-state index is 0.0769. The van der Waals surface area contributed by atoms with Gasteiger partial charge in [0.15, 0.2) is 21.3 Å². The number of nitrogens with zero attached hydrogens (tertiary/aromatic N) is 3. The Morgan fingerprint density at radius 2 is 1.73 bits per heavy atom. The second-order valence-corrected chi connectivity index (χ2v) is 11.7. The topological polar surface area (TPSA) is 137 Å². The van der Waals surface area contributed by atoms with E-state index >= 15 is 0 Å². The van der Waals surface area contributed by atoms with Gasteiger partial charge in [-0.25, -0.2) is 18.4 Å². The SMILES string of the molecule is C[C@H](NC(=O)c1nc(-c2ccc(S(C)(=O)=O)cc2)cnc1N)c1cc2cccc(Cl)c2c(=O)n1-c1ccccc1. The van der Waals surface area contributed by atoms with Crippen LogP contribution in [0.15, 0.2) is 94.7 Å². The number of hydrogen-bond donors (Lipinski definition) is 2. The van der Waals surface area contributed by atoms with Gasteiger partial charge in [-0.1, -0.05) is 54.1 Å². The summed E-state index contributed by atoms with van der Waals surface area (Å²) >= 11 is 6.39. The van der Waals surface area contributed by atoms with Gasteiger partial charge in [0.1, 0.15) is 0 Å². The molecule has 11 heteroatoms. The average molecular weight is 574 g/mol. The number of carbonyl (C=O) groups excluding carboxylic acids is 1. The number of nitrogens with one attached hydrogen (secondary N) is 1. The lowest BCUT2D eigenvalue weighted by molar-refractivity contribution is 0.0934.